The number of ether oxygens (including phenoxy) is 2. The number of sulfonamides is 1. The summed E-state index contributed by atoms with van der Waals surface area (Å²) in [6, 6.07) is 20.2. The van der Waals surface area contributed by atoms with Gasteiger partial charge in [0, 0.05) is 0 Å². The number of nitrogens with one attached hydrogen (secondary N) is 1. The van der Waals surface area contributed by atoms with E-state index < -0.39 is 22.5 Å². The van der Waals surface area contributed by atoms with Gasteiger partial charge in [0.05, 0.1) is 16.8 Å². The van der Waals surface area contributed by atoms with E-state index in [2.05, 4.69) is 10.5 Å². The van der Waals surface area contributed by atoms with Crippen molar-refractivity contribution in [3.63, 3.8) is 0 Å². The first-order valence-electron chi connectivity index (χ1n) is 9.80. The largest absolute Gasteiger partial charge is 0.454 e. The Hall–Kier alpha value is -3.85. The third-order valence-corrected chi connectivity index (χ3v) is 6.58. The SMILES string of the molecule is Cc1ccccc1N(CC(=O)N/N=C\c1ccc2c(c1)OCO2)S(=O)(=O)c1ccccc1. The van der Waals surface area contributed by atoms with Crippen molar-refractivity contribution in [2.75, 3.05) is 17.6 Å². The van der Waals surface area contributed by atoms with E-state index in [4.69, 9.17) is 9.47 Å². The Morgan fingerprint density at radius 3 is 2.53 bits per heavy atom. The molecule has 4 rings (SSSR count). The fraction of sp³-hybridized carbons (Fsp3) is 0.130. The summed E-state index contributed by atoms with van der Waals surface area (Å²) >= 11 is 0. The topological polar surface area (TPSA) is 97.3 Å². The molecular formula is C23H21N3O5S. The van der Waals surface area contributed by atoms with E-state index in [0.717, 1.165) is 9.87 Å². The van der Waals surface area contributed by atoms with Gasteiger partial charge in [-0.05, 0) is 54.4 Å². The third-order valence-electron chi connectivity index (χ3n) is 4.80. The van der Waals surface area contributed by atoms with Gasteiger partial charge in [-0.1, -0.05) is 36.4 Å². The van der Waals surface area contributed by atoms with Crippen molar-refractivity contribution >= 4 is 27.8 Å². The zero-order chi connectivity index (χ0) is 22.6. The average molecular weight is 452 g/mol. The van der Waals surface area contributed by atoms with Crippen LogP contribution in [0.5, 0.6) is 11.5 Å². The summed E-state index contributed by atoms with van der Waals surface area (Å²) < 4.78 is 38.3. The average Bonchev–Trinajstić information content (AvgIpc) is 3.26. The van der Waals surface area contributed by atoms with Gasteiger partial charge in [0.2, 0.25) is 6.79 Å². The summed E-state index contributed by atoms with van der Waals surface area (Å²) in [7, 11) is -3.97. The summed E-state index contributed by atoms with van der Waals surface area (Å²) in [6.07, 6.45) is 1.45. The quantitative estimate of drug-likeness (QED) is 0.440. The molecule has 0 saturated carbocycles. The zero-order valence-electron chi connectivity index (χ0n) is 17.3. The maximum atomic E-state index is 13.3. The monoisotopic (exact) mass is 451 g/mol. The molecule has 0 fully saturated rings. The lowest BCUT2D eigenvalue weighted by atomic mass is 10.2. The molecule has 8 nitrogen and oxygen atoms in total. The maximum Gasteiger partial charge on any atom is 0.264 e. The van der Waals surface area contributed by atoms with E-state index in [1.807, 2.05) is 6.07 Å². The summed E-state index contributed by atoms with van der Waals surface area (Å²) in [4.78, 5) is 12.7. The zero-order valence-corrected chi connectivity index (χ0v) is 18.1. The number of hydrogen-bond acceptors (Lipinski definition) is 6. The molecule has 1 heterocycles. The summed E-state index contributed by atoms with van der Waals surface area (Å²) in [5, 5.41) is 3.95. The van der Waals surface area contributed by atoms with Gasteiger partial charge in [0.25, 0.3) is 15.9 Å². The molecule has 1 aliphatic heterocycles. The van der Waals surface area contributed by atoms with E-state index in [1.165, 1.54) is 18.3 Å². The van der Waals surface area contributed by atoms with Crippen LogP contribution in [0.2, 0.25) is 0 Å². The number of carbonyl (C=O) groups excluding carboxylic acids is 1. The van der Waals surface area contributed by atoms with Gasteiger partial charge in [-0.2, -0.15) is 5.10 Å². The minimum atomic E-state index is -3.97. The van der Waals surface area contributed by atoms with E-state index in [1.54, 1.807) is 61.5 Å². The first-order chi connectivity index (χ1) is 15.4. The number of amides is 1. The molecule has 1 aliphatic rings. The van der Waals surface area contributed by atoms with Crippen molar-refractivity contribution in [2.45, 2.75) is 11.8 Å². The molecule has 0 bridgehead atoms. The highest BCUT2D eigenvalue weighted by Crippen LogP contribution is 2.32. The van der Waals surface area contributed by atoms with Crippen LogP contribution in [0.3, 0.4) is 0 Å². The molecule has 0 aromatic heterocycles. The molecule has 3 aromatic carbocycles. The van der Waals surface area contributed by atoms with E-state index in [9.17, 15) is 13.2 Å². The number of aryl methyl sites for hydroxylation is 1. The minimum absolute atomic E-state index is 0.0971. The van der Waals surface area contributed by atoms with E-state index >= 15 is 0 Å². The number of fused-ring (bicyclic) bond motifs is 1. The van der Waals surface area contributed by atoms with Gasteiger partial charge in [0.1, 0.15) is 6.54 Å². The number of hydrazone groups is 1. The standard InChI is InChI=1S/C23H21N3O5S/c1-17-7-5-6-10-20(17)26(32(28,29)19-8-3-2-4-9-19)15-23(27)25-24-14-18-11-12-21-22(13-18)31-16-30-21/h2-14H,15-16H2,1H3,(H,25,27)/b24-14-. The van der Waals surface area contributed by atoms with Crippen LogP contribution in [0, 0.1) is 6.92 Å². The first-order valence-corrected chi connectivity index (χ1v) is 11.2. The molecular weight excluding hydrogens is 430 g/mol. The highest BCUT2D eigenvalue weighted by Gasteiger charge is 2.28. The molecule has 0 unspecified atom stereocenters. The normalized spacial score (nSPS) is 12.7. The Morgan fingerprint density at radius 2 is 1.75 bits per heavy atom. The molecule has 9 heteroatoms. The predicted molar refractivity (Wildman–Crippen MR) is 120 cm³/mol. The molecule has 0 spiro atoms. The second kappa shape index (κ2) is 9.11. The number of benzene rings is 3. The van der Waals surface area contributed by atoms with Gasteiger partial charge >= 0.3 is 0 Å². The predicted octanol–water partition coefficient (Wildman–Crippen LogP) is 3.07. The molecule has 0 atom stereocenters. The Balaban J connectivity index is 1.53. The lowest BCUT2D eigenvalue weighted by molar-refractivity contribution is -0.119. The van der Waals surface area contributed by atoms with Crippen LogP contribution < -0.4 is 19.2 Å². The van der Waals surface area contributed by atoms with Crippen LogP contribution in [-0.4, -0.2) is 33.9 Å². The second-order valence-corrected chi connectivity index (χ2v) is 8.88. The summed E-state index contributed by atoms with van der Waals surface area (Å²) in [6.45, 7) is 1.52. The van der Waals surface area contributed by atoms with E-state index in [0.29, 0.717) is 22.7 Å². The van der Waals surface area contributed by atoms with Crippen molar-refractivity contribution in [1.82, 2.24) is 5.43 Å². The van der Waals surface area contributed by atoms with E-state index in [-0.39, 0.29) is 11.7 Å². The third kappa shape index (κ3) is 4.57. The molecule has 32 heavy (non-hydrogen) atoms. The van der Waals surface area contributed by atoms with Crippen LogP contribution >= 0.6 is 0 Å². The lowest BCUT2D eigenvalue weighted by Gasteiger charge is -2.25. The van der Waals surface area contributed by atoms with Crippen LogP contribution in [-0.2, 0) is 14.8 Å². The van der Waals surface area contributed by atoms with Crippen LogP contribution in [0.15, 0.2) is 82.8 Å². The molecule has 3 aromatic rings. The molecule has 0 radical (unpaired) electrons. The molecule has 1 N–H and O–H groups in total. The van der Waals surface area contributed by atoms with Crippen LogP contribution in [0.4, 0.5) is 5.69 Å². The maximum absolute atomic E-state index is 13.3. The second-order valence-electron chi connectivity index (χ2n) is 7.02. The van der Waals surface area contributed by atoms with Crippen molar-refractivity contribution in [1.29, 1.82) is 0 Å². The highest BCUT2D eigenvalue weighted by atomic mass is 32.2. The van der Waals surface area contributed by atoms with Crippen molar-refractivity contribution in [2.24, 2.45) is 5.10 Å². The lowest BCUT2D eigenvalue weighted by Crippen LogP contribution is -2.40. The first kappa shape index (κ1) is 21.4. The molecule has 0 aliphatic carbocycles. The van der Waals surface area contributed by atoms with Crippen LogP contribution in [0.1, 0.15) is 11.1 Å². The fourth-order valence-electron chi connectivity index (χ4n) is 3.20. The van der Waals surface area contributed by atoms with Crippen molar-refractivity contribution < 1.29 is 22.7 Å². The number of rotatable bonds is 7. The number of anilines is 1. The molecule has 164 valence electrons. The van der Waals surface area contributed by atoms with Gasteiger partial charge < -0.3 is 9.47 Å². The smallest absolute Gasteiger partial charge is 0.264 e. The fourth-order valence-corrected chi connectivity index (χ4v) is 4.71. The Labute approximate surface area is 186 Å². The highest BCUT2D eigenvalue weighted by molar-refractivity contribution is 7.92. The van der Waals surface area contributed by atoms with Gasteiger partial charge in [-0.25, -0.2) is 13.8 Å². The number of nitrogens with zero attached hydrogens (tertiary/aromatic N) is 2. The Morgan fingerprint density at radius 1 is 1.03 bits per heavy atom. The van der Waals surface area contributed by atoms with Gasteiger partial charge in [-0.3, -0.25) is 9.10 Å². The summed E-state index contributed by atoms with van der Waals surface area (Å²) in [5.74, 6) is 0.663. The number of carbonyl (C=O) groups is 1. The Kier molecular flexibility index (Phi) is 6.09. The Bertz CT molecular complexity index is 1260. The van der Waals surface area contributed by atoms with Crippen molar-refractivity contribution in [3.05, 3.63) is 83.9 Å². The number of para-hydroxylation sites is 1. The minimum Gasteiger partial charge on any atom is -0.454 e. The van der Waals surface area contributed by atoms with Crippen molar-refractivity contribution in [3.8, 4) is 11.5 Å². The number of hydrogen-bond donors (Lipinski definition) is 1. The van der Waals surface area contributed by atoms with Gasteiger partial charge in [-0.15, -0.1) is 0 Å². The molecule has 1 amide bonds. The molecule has 0 saturated heterocycles. The summed E-state index contributed by atoms with van der Waals surface area (Å²) in [5.41, 5.74) is 4.24. The van der Waals surface area contributed by atoms with Crippen LogP contribution in [0.25, 0.3) is 0 Å². The van der Waals surface area contributed by atoms with Gasteiger partial charge in [0.15, 0.2) is 11.5 Å².